The summed E-state index contributed by atoms with van der Waals surface area (Å²) < 4.78 is 6.72. The largest absolute Gasteiger partial charge is 0.444 e. The number of aromatic nitrogens is 1. The lowest BCUT2D eigenvalue weighted by Gasteiger charge is -2.07. The average molecular weight is 294 g/mol. The summed E-state index contributed by atoms with van der Waals surface area (Å²) in [6, 6.07) is 13.3. The Morgan fingerprint density at radius 3 is 2.65 bits per heavy atom. The summed E-state index contributed by atoms with van der Waals surface area (Å²) in [5, 5.41) is 0.625. The van der Waals surface area contributed by atoms with Crippen LogP contribution in [0.1, 0.15) is 11.3 Å². The van der Waals surface area contributed by atoms with Gasteiger partial charge in [0.25, 0.3) is 0 Å². The van der Waals surface area contributed by atoms with Crippen LogP contribution in [-0.4, -0.2) is 10.7 Å². The lowest BCUT2D eigenvalue weighted by molar-refractivity contribution is 0.141. The molecule has 0 spiro atoms. The van der Waals surface area contributed by atoms with E-state index in [-0.39, 0.29) is 6.09 Å². The van der Waals surface area contributed by atoms with Gasteiger partial charge in [0.05, 0.1) is 0 Å². The minimum atomic E-state index is -0.353. The highest BCUT2D eigenvalue weighted by Crippen LogP contribution is 2.09. The first-order valence-electron chi connectivity index (χ1n) is 5.24. The second-order valence-electron chi connectivity index (χ2n) is 3.54. The van der Waals surface area contributed by atoms with Crippen LogP contribution in [0, 0.1) is 0 Å². The van der Waals surface area contributed by atoms with Gasteiger partial charge in [-0.2, -0.15) is 0 Å². The number of ether oxygens (including phenoxy) is 1. The Morgan fingerprint density at radius 1 is 1.18 bits per heavy atom. The third-order valence-corrected chi connectivity index (χ3v) is 2.95. The maximum Gasteiger partial charge on any atom is 0.418 e. The van der Waals surface area contributed by atoms with Crippen LogP contribution < -0.4 is 0 Å². The molecule has 0 aliphatic heterocycles. The summed E-state index contributed by atoms with van der Waals surface area (Å²) in [5.41, 5.74) is 1.86. The van der Waals surface area contributed by atoms with E-state index in [2.05, 4.69) is 15.9 Å². The topological polar surface area (TPSA) is 31.2 Å². The van der Waals surface area contributed by atoms with Crippen molar-refractivity contribution in [3.05, 3.63) is 59.9 Å². The van der Waals surface area contributed by atoms with Crippen molar-refractivity contribution in [1.29, 1.82) is 0 Å². The Hall–Kier alpha value is -1.55. The molecule has 0 aliphatic carbocycles. The van der Waals surface area contributed by atoms with Crippen LogP contribution in [0.2, 0.25) is 0 Å². The van der Waals surface area contributed by atoms with Crippen molar-refractivity contribution in [3.63, 3.8) is 0 Å². The Labute approximate surface area is 108 Å². The third-order valence-electron chi connectivity index (χ3n) is 2.37. The first-order valence-corrected chi connectivity index (χ1v) is 6.36. The van der Waals surface area contributed by atoms with Crippen LogP contribution in [0.25, 0.3) is 0 Å². The second-order valence-corrected chi connectivity index (χ2v) is 4.10. The molecule has 0 bridgehead atoms. The van der Waals surface area contributed by atoms with E-state index in [9.17, 15) is 4.79 Å². The van der Waals surface area contributed by atoms with E-state index in [1.165, 1.54) is 4.57 Å². The Bertz CT molecular complexity index is 493. The number of nitrogens with zero attached hydrogens (tertiary/aromatic N) is 1. The molecule has 0 unspecified atom stereocenters. The van der Waals surface area contributed by atoms with Crippen LogP contribution in [0.5, 0.6) is 0 Å². The Balaban J connectivity index is 1.98. The summed E-state index contributed by atoms with van der Waals surface area (Å²) in [6.45, 7) is 0.291. The molecule has 1 aromatic heterocycles. The van der Waals surface area contributed by atoms with Crippen molar-refractivity contribution in [2.45, 2.75) is 11.9 Å². The van der Waals surface area contributed by atoms with Gasteiger partial charge in [0.2, 0.25) is 0 Å². The number of alkyl halides is 1. The third kappa shape index (κ3) is 2.97. The SMILES string of the molecule is O=C(OCc1ccccc1)n1cccc1CBr. The van der Waals surface area contributed by atoms with Crippen molar-refractivity contribution in [1.82, 2.24) is 4.57 Å². The highest BCUT2D eigenvalue weighted by Gasteiger charge is 2.09. The van der Waals surface area contributed by atoms with Gasteiger partial charge in [-0.3, -0.25) is 4.57 Å². The lowest BCUT2D eigenvalue weighted by atomic mass is 10.2. The first kappa shape index (κ1) is 11.9. The van der Waals surface area contributed by atoms with Gasteiger partial charge in [-0.05, 0) is 17.7 Å². The molecule has 3 nitrogen and oxygen atoms in total. The van der Waals surface area contributed by atoms with Crippen LogP contribution in [-0.2, 0) is 16.7 Å². The van der Waals surface area contributed by atoms with Crippen LogP contribution in [0.15, 0.2) is 48.7 Å². The zero-order valence-electron chi connectivity index (χ0n) is 9.17. The van der Waals surface area contributed by atoms with Crippen molar-refractivity contribution < 1.29 is 9.53 Å². The van der Waals surface area contributed by atoms with Gasteiger partial charge in [-0.15, -0.1) is 0 Å². The summed E-state index contributed by atoms with van der Waals surface area (Å²) in [5.74, 6) is 0. The molecule has 1 heterocycles. The number of carbonyl (C=O) groups excluding carboxylic acids is 1. The molecule has 4 heteroatoms. The molecule has 0 atom stereocenters. The van der Waals surface area contributed by atoms with E-state index in [0.29, 0.717) is 11.9 Å². The first-order chi connectivity index (χ1) is 8.31. The molecule has 0 saturated carbocycles. The fourth-order valence-electron chi connectivity index (χ4n) is 1.49. The van der Waals surface area contributed by atoms with Crippen LogP contribution in [0.3, 0.4) is 0 Å². The fraction of sp³-hybridized carbons (Fsp3) is 0.154. The van der Waals surface area contributed by atoms with Gasteiger partial charge in [-0.25, -0.2) is 4.79 Å². The summed E-state index contributed by atoms with van der Waals surface area (Å²) in [4.78, 5) is 11.8. The average Bonchev–Trinajstić information content (AvgIpc) is 2.85. The molecule has 0 aliphatic rings. The molecule has 0 saturated heterocycles. The molecule has 88 valence electrons. The van der Waals surface area contributed by atoms with Crippen molar-refractivity contribution in [2.75, 3.05) is 0 Å². The number of carbonyl (C=O) groups is 1. The molecule has 17 heavy (non-hydrogen) atoms. The van der Waals surface area contributed by atoms with Gasteiger partial charge in [0.15, 0.2) is 0 Å². The predicted octanol–water partition coefficient (Wildman–Crippen LogP) is 3.57. The molecule has 0 amide bonds. The molecule has 2 rings (SSSR count). The fourth-order valence-corrected chi connectivity index (χ4v) is 1.95. The van der Waals surface area contributed by atoms with Gasteiger partial charge >= 0.3 is 6.09 Å². The van der Waals surface area contributed by atoms with Crippen molar-refractivity contribution in [3.8, 4) is 0 Å². The second kappa shape index (κ2) is 5.68. The minimum absolute atomic E-state index is 0.291. The zero-order valence-corrected chi connectivity index (χ0v) is 10.8. The molecule has 1 aromatic carbocycles. The Kier molecular flexibility index (Phi) is 3.98. The summed E-state index contributed by atoms with van der Waals surface area (Å²) in [7, 11) is 0. The lowest BCUT2D eigenvalue weighted by Crippen LogP contribution is -2.14. The van der Waals surface area contributed by atoms with E-state index < -0.39 is 0 Å². The van der Waals surface area contributed by atoms with Crippen LogP contribution >= 0.6 is 15.9 Å². The van der Waals surface area contributed by atoms with Crippen molar-refractivity contribution in [2.24, 2.45) is 0 Å². The van der Waals surface area contributed by atoms with E-state index in [1.807, 2.05) is 42.5 Å². The summed E-state index contributed by atoms with van der Waals surface area (Å²) >= 11 is 3.32. The number of hydrogen-bond donors (Lipinski definition) is 0. The molecular weight excluding hydrogens is 282 g/mol. The van der Waals surface area contributed by atoms with Gasteiger partial charge in [0.1, 0.15) is 6.61 Å². The normalized spacial score (nSPS) is 10.2. The highest BCUT2D eigenvalue weighted by molar-refractivity contribution is 9.08. The Morgan fingerprint density at radius 2 is 1.94 bits per heavy atom. The molecule has 0 radical (unpaired) electrons. The standard InChI is InChI=1S/C13H12BrNO2/c14-9-12-7-4-8-15(12)13(16)17-10-11-5-2-1-3-6-11/h1-8H,9-10H2. The maximum absolute atomic E-state index is 11.8. The van der Waals surface area contributed by atoms with E-state index in [1.54, 1.807) is 6.20 Å². The molecule has 0 N–H and O–H groups in total. The van der Waals surface area contributed by atoms with E-state index >= 15 is 0 Å². The monoisotopic (exact) mass is 293 g/mol. The van der Waals surface area contributed by atoms with Gasteiger partial charge in [-0.1, -0.05) is 46.3 Å². The van der Waals surface area contributed by atoms with Crippen molar-refractivity contribution >= 4 is 22.0 Å². The molecule has 2 aromatic rings. The highest BCUT2D eigenvalue weighted by atomic mass is 79.9. The van der Waals surface area contributed by atoms with Crippen LogP contribution in [0.4, 0.5) is 4.79 Å². The molecule has 0 fully saturated rings. The number of rotatable bonds is 3. The van der Waals surface area contributed by atoms with Gasteiger partial charge < -0.3 is 4.74 Å². The maximum atomic E-state index is 11.8. The van der Waals surface area contributed by atoms with Gasteiger partial charge in [0, 0.05) is 17.2 Å². The number of hydrogen-bond acceptors (Lipinski definition) is 2. The number of halogens is 1. The predicted molar refractivity (Wildman–Crippen MR) is 69.1 cm³/mol. The smallest absolute Gasteiger partial charge is 0.418 e. The quantitative estimate of drug-likeness (QED) is 0.810. The number of benzene rings is 1. The summed E-state index contributed by atoms with van der Waals surface area (Å²) in [6.07, 6.45) is 1.34. The zero-order chi connectivity index (χ0) is 12.1. The minimum Gasteiger partial charge on any atom is -0.444 e. The molecular formula is C13H12BrNO2. The van der Waals surface area contributed by atoms with E-state index in [4.69, 9.17) is 4.74 Å². The van der Waals surface area contributed by atoms with E-state index in [0.717, 1.165) is 11.3 Å².